The van der Waals surface area contributed by atoms with Crippen LogP contribution in [0.5, 0.6) is 0 Å². The van der Waals surface area contributed by atoms with Crippen LogP contribution in [-0.4, -0.2) is 114 Å². The first-order valence-corrected chi connectivity index (χ1v) is 18.7. The number of piperidine rings is 1. The van der Waals surface area contributed by atoms with Crippen molar-refractivity contribution in [3.63, 3.8) is 0 Å². The van der Waals surface area contributed by atoms with Crippen LogP contribution in [0.1, 0.15) is 65.8 Å². The SMILES string of the molecule is CC(C)(C)CCN1C(=O)[C@@H](CC(=O)N2CCC(N3CCc4ccccc4NC3=O)CC2)SC1c1cccc(F)c1NCCN1CCOCC1.[HH].[HH]. The van der Waals surface area contributed by atoms with Crippen LogP contribution in [0.2, 0.25) is 0 Å². The number of rotatable bonds is 10. The fourth-order valence-electron chi connectivity index (χ4n) is 7.20. The number of morpholine rings is 1. The zero-order valence-electron chi connectivity index (χ0n) is 29.1. The molecular weight excluding hydrogens is 644 g/mol. The summed E-state index contributed by atoms with van der Waals surface area (Å²) in [4.78, 5) is 48.7. The minimum absolute atomic E-state index is 0. The van der Waals surface area contributed by atoms with Gasteiger partial charge in [-0.05, 0) is 48.8 Å². The van der Waals surface area contributed by atoms with Crippen LogP contribution in [0.3, 0.4) is 0 Å². The first-order chi connectivity index (χ1) is 23.6. The molecule has 49 heavy (non-hydrogen) atoms. The summed E-state index contributed by atoms with van der Waals surface area (Å²) in [5.41, 5.74) is 3.17. The third kappa shape index (κ3) is 8.69. The number of thioether (sulfide) groups is 1. The van der Waals surface area contributed by atoms with Crippen LogP contribution in [0.15, 0.2) is 42.5 Å². The van der Waals surface area contributed by atoms with Crippen LogP contribution in [-0.2, 0) is 20.7 Å². The molecule has 0 aliphatic carbocycles. The lowest BCUT2D eigenvalue weighted by molar-refractivity contribution is -0.137. The van der Waals surface area contributed by atoms with Crippen molar-refractivity contribution in [1.82, 2.24) is 19.6 Å². The van der Waals surface area contributed by atoms with Crippen LogP contribution in [0.25, 0.3) is 0 Å². The van der Waals surface area contributed by atoms with Crippen LogP contribution < -0.4 is 10.6 Å². The average molecular weight is 699 g/mol. The predicted octanol–water partition coefficient (Wildman–Crippen LogP) is 5.91. The molecule has 4 aliphatic rings. The molecule has 0 bridgehead atoms. The lowest BCUT2D eigenvalue weighted by atomic mass is 9.92. The second-order valence-corrected chi connectivity index (χ2v) is 16.0. The number of fused-ring (bicyclic) bond motifs is 1. The topological polar surface area (TPSA) is 97.5 Å². The number of anilines is 2. The number of hydrogen-bond donors (Lipinski definition) is 2. The summed E-state index contributed by atoms with van der Waals surface area (Å²) in [6, 6.07) is 12.9. The zero-order valence-corrected chi connectivity index (χ0v) is 29.9. The van der Waals surface area contributed by atoms with E-state index in [-0.39, 0.29) is 44.4 Å². The van der Waals surface area contributed by atoms with E-state index in [0.717, 1.165) is 49.3 Å². The summed E-state index contributed by atoms with van der Waals surface area (Å²) in [5.74, 6) is -0.448. The van der Waals surface area contributed by atoms with Gasteiger partial charge in [0, 0.05) is 78.9 Å². The van der Waals surface area contributed by atoms with Crippen LogP contribution in [0.4, 0.5) is 20.6 Å². The Morgan fingerprint density at radius 1 is 1.02 bits per heavy atom. The highest BCUT2D eigenvalue weighted by molar-refractivity contribution is 8.01. The molecular formula is C37H55FN6O4S. The molecule has 6 rings (SSSR count). The maximum atomic E-state index is 15.4. The normalized spacial score (nSPS) is 22.6. The molecule has 4 aliphatic heterocycles. The first kappa shape index (κ1) is 35.5. The molecule has 3 saturated heterocycles. The molecule has 4 heterocycles. The van der Waals surface area contributed by atoms with Gasteiger partial charge in [-0.25, -0.2) is 9.18 Å². The van der Waals surface area contributed by atoms with Gasteiger partial charge < -0.3 is 30.1 Å². The summed E-state index contributed by atoms with van der Waals surface area (Å²) in [6.07, 6.45) is 3.08. The second-order valence-electron chi connectivity index (χ2n) is 14.8. The number of para-hydroxylation sites is 2. The molecule has 0 spiro atoms. The maximum absolute atomic E-state index is 15.4. The number of benzene rings is 2. The van der Waals surface area contributed by atoms with Gasteiger partial charge in [-0.3, -0.25) is 14.5 Å². The highest BCUT2D eigenvalue weighted by Crippen LogP contribution is 2.47. The fraction of sp³-hybridized carbons (Fsp3) is 0.595. The second kappa shape index (κ2) is 15.7. The molecule has 270 valence electrons. The smallest absolute Gasteiger partial charge is 0.322 e. The Balaban J connectivity index is 0.00000292. The average Bonchev–Trinajstić information content (AvgIpc) is 3.28. The van der Waals surface area contributed by atoms with Crippen molar-refractivity contribution < 1.29 is 26.4 Å². The van der Waals surface area contributed by atoms with Gasteiger partial charge in [0.15, 0.2) is 0 Å². The summed E-state index contributed by atoms with van der Waals surface area (Å²) in [5, 5.41) is 5.46. The molecule has 12 heteroatoms. The lowest BCUT2D eigenvalue weighted by Gasteiger charge is -2.38. The summed E-state index contributed by atoms with van der Waals surface area (Å²) < 4.78 is 20.9. The van der Waals surface area contributed by atoms with E-state index >= 15 is 4.39 Å². The Hall–Kier alpha value is -3.35. The monoisotopic (exact) mass is 698 g/mol. The van der Waals surface area contributed by atoms with E-state index < -0.39 is 10.6 Å². The quantitative estimate of drug-likeness (QED) is 0.319. The van der Waals surface area contributed by atoms with E-state index in [9.17, 15) is 14.4 Å². The number of halogens is 1. The van der Waals surface area contributed by atoms with E-state index in [1.807, 2.05) is 39.0 Å². The van der Waals surface area contributed by atoms with Crippen molar-refractivity contribution in [2.45, 2.75) is 69.5 Å². The fourth-order valence-corrected chi connectivity index (χ4v) is 8.70. The minimum atomic E-state index is -0.547. The van der Waals surface area contributed by atoms with Gasteiger partial charge in [0.25, 0.3) is 0 Å². The molecule has 1 unspecified atom stereocenters. The molecule has 2 aromatic carbocycles. The Morgan fingerprint density at radius 2 is 1.78 bits per heavy atom. The van der Waals surface area contributed by atoms with Gasteiger partial charge in [-0.1, -0.05) is 51.1 Å². The number of ether oxygens (including phenoxy) is 1. The number of amides is 4. The number of urea groups is 1. The Kier molecular flexibility index (Phi) is 11.4. The minimum Gasteiger partial charge on any atom is -0.381 e. The van der Waals surface area contributed by atoms with Crippen molar-refractivity contribution in [2.24, 2.45) is 5.41 Å². The number of likely N-dealkylation sites (tertiary alicyclic amines) is 1. The molecule has 2 aromatic rings. The highest BCUT2D eigenvalue weighted by atomic mass is 32.2. The van der Waals surface area contributed by atoms with Crippen LogP contribution >= 0.6 is 11.8 Å². The van der Waals surface area contributed by atoms with Crippen LogP contribution in [0, 0.1) is 11.2 Å². The summed E-state index contributed by atoms with van der Waals surface area (Å²) >= 11 is 1.46. The molecule has 2 N–H and O–H groups in total. The predicted molar refractivity (Wildman–Crippen MR) is 196 cm³/mol. The van der Waals surface area contributed by atoms with E-state index in [0.29, 0.717) is 64.5 Å². The molecule has 0 saturated carbocycles. The van der Waals surface area contributed by atoms with Crippen molar-refractivity contribution in [2.75, 3.05) is 76.2 Å². The molecule has 4 amide bonds. The Morgan fingerprint density at radius 3 is 2.53 bits per heavy atom. The number of carbonyl (C=O) groups excluding carboxylic acids is 3. The largest absolute Gasteiger partial charge is 0.381 e. The van der Waals surface area contributed by atoms with E-state index in [2.05, 4.69) is 42.4 Å². The molecule has 3 fully saturated rings. The van der Waals surface area contributed by atoms with Gasteiger partial charge in [0.2, 0.25) is 11.8 Å². The van der Waals surface area contributed by atoms with Crippen molar-refractivity contribution >= 4 is 41.0 Å². The van der Waals surface area contributed by atoms with Gasteiger partial charge in [0.1, 0.15) is 11.2 Å². The van der Waals surface area contributed by atoms with Gasteiger partial charge in [-0.15, -0.1) is 11.8 Å². The van der Waals surface area contributed by atoms with E-state index in [4.69, 9.17) is 4.74 Å². The van der Waals surface area contributed by atoms with Crippen molar-refractivity contribution in [1.29, 1.82) is 0 Å². The number of carbonyl (C=O) groups is 3. The highest BCUT2D eigenvalue weighted by Gasteiger charge is 2.44. The van der Waals surface area contributed by atoms with E-state index in [1.54, 1.807) is 6.07 Å². The molecule has 10 nitrogen and oxygen atoms in total. The molecule has 0 radical (unpaired) electrons. The number of nitrogens with zero attached hydrogens (tertiary/aromatic N) is 4. The Labute approximate surface area is 297 Å². The standard InChI is InChI=1S/C37H51FN6O4S.2H2/c1-37(2,3)14-19-44-34(46)31(49-35(44)28-8-6-9-29(38)33(28)39-15-20-41-21-23-48-24-22-41)25-32(45)42-16-12-27(13-17-42)43-18-11-26-7-4-5-10-30(26)40-36(43)47;;/h4-10,27,31,35,39H,11-25H2,1-3H3,(H,40,47);2*1H/t31-,35?;;/m1../s1. The summed E-state index contributed by atoms with van der Waals surface area (Å²) in [6.45, 7) is 13.2. The Bertz CT molecular complexity index is 1500. The molecule has 2 atom stereocenters. The maximum Gasteiger partial charge on any atom is 0.322 e. The summed E-state index contributed by atoms with van der Waals surface area (Å²) in [7, 11) is 0. The van der Waals surface area contributed by atoms with E-state index in [1.165, 1.54) is 17.8 Å². The third-order valence-corrected chi connectivity index (χ3v) is 11.6. The lowest BCUT2D eigenvalue weighted by Crippen LogP contribution is -2.50. The third-order valence-electron chi connectivity index (χ3n) is 10.1. The van der Waals surface area contributed by atoms with Gasteiger partial charge in [-0.2, -0.15) is 0 Å². The van der Waals surface area contributed by atoms with Crippen molar-refractivity contribution in [3.05, 3.63) is 59.4 Å². The van der Waals surface area contributed by atoms with Gasteiger partial charge >= 0.3 is 6.03 Å². The zero-order chi connectivity index (χ0) is 34.5. The van der Waals surface area contributed by atoms with Gasteiger partial charge in [0.05, 0.1) is 24.2 Å². The van der Waals surface area contributed by atoms with Crippen molar-refractivity contribution in [3.8, 4) is 0 Å². The number of hydrogen-bond acceptors (Lipinski definition) is 7. The molecule has 0 aromatic heterocycles. The number of nitrogens with one attached hydrogen (secondary N) is 2. The first-order valence-electron chi connectivity index (χ1n) is 17.8.